The van der Waals surface area contributed by atoms with E-state index >= 15 is 0 Å². The molecule has 0 amide bonds. The molecule has 0 radical (unpaired) electrons. The fraction of sp³-hybridized carbons (Fsp3) is 0.667. The molecule has 3 nitrogen and oxygen atoms in total. The minimum absolute atomic E-state index is 0.104. The summed E-state index contributed by atoms with van der Waals surface area (Å²) in [5, 5.41) is 0. The lowest BCUT2D eigenvalue weighted by molar-refractivity contribution is 0.0909. The van der Waals surface area contributed by atoms with Crippen molar-refractivity contribution < 1.29 is 9.53 Å². The van der Waals surface area contributed by atoms with E-state index in [0.29, 0.717) is 18.1 Å². The van der Waals surface area contributed by atoms with Crippen molar-refractivity contribution in [3.8, 4) is 0 Å². The van der Waals surface area contributed by atoms with Crippen molar-refractivity contribution in [2.24, 2.45) is 11.3 Å². The van der Waals surface area contributed by atoms with Gasteiger partial charge in [-0.25, -0.2) is 0 Å². The normalized spacial score (nSPS) is 26.3. The largest absolute Gasteiger partial charge is 0.381 e. The Labute approximate surface area is 108 Å². The van der Waals surface area contributed by atoms with Crippen LogP contribution in [0.15, 0.2) is 12.3 Å². The summed E-state index contributed by atoms with van der Waals surface area (Å²) in [5.74, 6) is 0.921. The highest BCUT2D eigenvalue weighted by atomic mass is 16.5. The Morgan fingerprint density at radius 1 is 1.44 bits per heavy atom. The van der Waals surface area contributed by atoms with Crippen LogP contribution >= 0.6 is 0 Å². The molecule has 0 N–H and O–H groups in total. The molecule has 0 spiro atoms. The number of ether oxygens (including phenoxy) is 1. The number of carbonyl (C=O) groups is 1. The summed E-state index contributed by atoms with van der Waals surface area (Å²) in [6.07, 6.45) is 4.91. The molecular formula is C15H21NO2. The number of aromatic nitrogens is 1. The van der Waals surface area contributed by atoms with Gasteiger partial charge in [-0.05, 0) is 24.3 Å². The van der Waals surface area contributed by atoms with Crippen LogP contribution in [0.25, 0.3) is 0 Å². The SMILES string of the molecule is CC1(C)CC(=O)c2ccn(CC3CCOC3)c2C1. The molecule has 3 heteroatoms. The van der Waals surface area contributed by atoms with E-state index in [9.17, 15) is 4.79 Å². The van der Waals surface area contributed by atoms with E-state index in [0.717, 1.165) is 38.2 Å². The maximum atomic E-state index is 12.1. The fourth-order valence-electron chi connectivity index (χ4n) is 3.18. The summed E-state index contributed by atoms with van der Waals surface area (Å²) in [4.78, 5) is 12.1. The number of rotatable bonds is 2. The van der Waals surface area contributed by atoms with Gasteiger partial charge in [-0.3, -0.25) is 4.79 Å². The average Bonchev–Trinajstić information content (AvgIpc) is 2.88. The van der Waals surface area contributed by atoms with Crippen LogP contribution in [0, 0.1) is 11.3 Å². The first-order valence-electron chi connectivity index (χ1n) is 6.84. The van der Waals surface area contributed by atoms with E-state index < -0.39 is 0 Å². The molecule has 2 heterocycles. The van der Waals surface area contributed by atoms with Crippen LogP contribution in [-0.4, -0.2) is 23.6 Å². The summed E-state index contributed by atoms with van der Waals surface area (Å²) < 4.78 is 7.72. The Morgan fingerprint density at radius 3 is 3.00 bits per heavy atom. The second-order valence-corrected chi connectivity index (χ2v) is 6.50. The first-order chi connectivity index (χ1) is 8.55. The molecule has 0 bridgehead atoms. The van der Waals surface area contributed by atoms with Crippen molar-refractivity contribution in [1.29, 1.82) is 0 Å². The minimum atomic E-state index is 0.104. The molecule has 1 saturated heterocycles. The van der Waals surface area contributed by atoms with Gasteiger partial charge in [0, 0.05) is 42.9 Å². The molecule has 1 atom stereocenters. The molecule has 98 valence electrons. The Bertz CT molecular complexity index is 467. The van der Waals surface area contributed by atoms with Crippen LogP contribution < -0.4 is 0 Å². The third kappa shape index (κ3) is 2.12. The Hall–Kier alpha value is -1.09. The Morgan fingerprint density at radius 2 is 2.28 bits per heavy atom. The van der Waals surface area contributed by atoms with Gasteiger partial charge in [0.05, 0.1) is 6.61 Å². The second-order valence-electron chi connectivity index (χ2n) is 6.50. The van der Waals surface area contributed by atoms with Crippen molar-refractivity contribution in [2.75, 3.05) is 13.2 Å². The summed E-state index contributed by atoms with van der Waals surface area (Å²) in [6, 6.07) is 2.00. The number of nitrogens with zero attached hydrogens (tertiary/aromatic N) is 1. The molecule has 1 aliphatic carbocycles. The van der Waals surface area contributed by atoms with E-state index in [1.807, 2.05) is 6.07 Å². The smallest absolute Gasteiger partial charge is 0.165 e. The first kappa shape index (κ1) is 12.0. The number of ketones is 1. The van der Waals surface area contributed by atoms with E-state index in [4.69, 9.17) is 4.74 Å². The van der Waals surface area contributed by atoms with Crippen LogP contribution in [0.5, 0.6) is 0 Å². The van der Waals surface area contributed by atoms with Crippen molar-refractivity contribution in [2.45, 2.75) is 39.7 Å². The molecule has 3 rings (SSSR count). The third-order valence-corrected chi connectivity index (χ3v) is 4.14. The van der Waals surface area contributed by atoms with Gasteiger partial charge >= 0.3 is 0 Å². The topological polar surface area (TPSA) is 31.2 Å². The second kappa shape index (κ2) is 4.23. The van der Waals surface area contributed by atoms with Crippen LogP contribution in [0.2, 0.25) is 0 Å². The van der Waals surface area contributed by atoms with E-state index in [1.165, 1.54) is 5.69 Å². The fourth-order valence-corrected chi connectivity index (χ4v) is 3.18. The predicted molar refractivity (Wildman–Crippen MR) is 69.8 cm³/mol. The number of hydrogen-bond acceptors (Lipinski definition) is 2. The molecule has 0 aromatic carbocycles. The minimum Gasteiger partial charge on any atom is -0.381 e. The van der Waals surface area contributed by atoms with Crippen LogP contribution in [0.3, 0.4) is 0 Å². The molecule has 2 aliphatic rings. The van der Waals surface area contributed by atoms with Crippen molar-refractivity contribution in [3.63, 3.8) is 0 Å². The Kier molecular flexibility index (Phi) is 2.81. The number of carbonyl (C=O) groups excluding carboxylic acids is 1. The summed E-state index contributed by atoms with van der Waals surface area (Å²) >= 11 is 0. The van der Waals surface area contributed by atoms with Gasteiger partial charge in [-0.2, -0.15) is 0 Å². The zero-order chi connectivity index (χ0) is 12.8. The van der Waals surface area contributed by atoms with Gasteiger partial charge in [-0.1, -0.05) is 13.8 Å². The van der Waals surface area contributed by atoms with Crippen LogP contribution in [-0.2, 0) is 17.7 Å². The first-order valence-corrected chi connectivity index (χ1v) is 6.84. The van der Waals surface area contributed by atoms with E-state index in [2.05, 4.69) is 24.6 Å². The lowest BCUT2D eigenvalue weighted by Gasteiger charge is -2.30. The molecular weight excluding hydrogens is 226 g/mol. The highest BCUT2D eigenvalue weighted by Gasteiger charge is 2.33. The van der Waals surface area contributed by atoms with Crippen LogP contribution in [0.1, 0.15) is 42.7 Å². The van der Waals surface area contributed by atoms with Gasteiger partial charge < -0.3 is 9.30 Å². The van der Waals surface area contributed by atoms with Gasteiger partial charge in [0.15, 0.2) is 5.78 Å². The lowest BCUT2D eigenvalue weighted by atomic mass is 9.76. The van der Waals surface area contributed by atoms with Gasteiger partial charge in [0.2, 0.25) is 0 Å². The molecule has 1 aromatic heterocycles. The Balaban J connectivity index is 1.87. The molecule has 1 unspecified atom stereocenters. The average molecular weight is 247 g/mol. The third-order valence-electron chi connectivity index (χ3n) is 4.14. The highest BCUT2D eigenvalue weighted by Crippen LogP contribution is 2.35. The monoisotopic (exact) mass is 247 g/mol. The number of Topliss-reactive ketones (excluding diaryl/α,β-unsaturated/α-hetero) is 1. The standard InChI is InChI=1S/C15H21NO2/c1-15(2)7-13-12(14(17)8-15)3-5-16(13)9-11-4-6-18-10-11/h3,5,11H,4,6-10H2,1-2H3. The van der Waals surface area contributed by atoms with Gasteiger partial charge in [0.1, 0.15) is 0 Å². The van der Waals surface area contributed by atoms with E-state index in [-0.39, 0.29) is 5.41 Å². The predicted octanol–water partition coefficient (Wildman–Crippen LogP) is 2.68. The molecule has 1 fully saturated rings. The van der Waals surface area contributed by atoms with Crippen molar-refractivity contribution in [1.82, 2.24) is 4.57 Å². The zero-order valence-corrected chi connectivity index (χ0v) is 11.2. The van der Waals surface area contributed by atoms with Crippen molar-refractivity contribution >= 4 is 5.78 Å². The van der Waals surface area contributed by atoms with Crippen LogP contribution in [0.4, 0.5) is 0 Å². The summed E-state index contributed by atoms with van der Waals surface area (Å²) in [6.45, 7) is 7.12. The summed E-state index contributed by atoms with van der Waals surface area (Å²) in [7, 11) is 0. The van der Waals surface area contributed by atoms with Gasteiger partial charge in [0.25, 0.3) is 0 Å². The molecule has 0 saturated carbocycles. The quantitative estimate of drug-likeness (QED) is 0.804. The number of hydrogen-bond donors (Lipinski definition) is 0. The molecule has 1 aromatic rings. The molecule has 1 aliphatic heterocycles. The summed E-state index contributed by atoms with van der Waals surface area (Å²) in [5.41, 5.74) is 2.29. The van der Waals surface area contributed by atoms with E-state index in [1.54, 1.807) is 0 Å². The maximum absolute atomic E-state index is 12.1. The molecule has 18 heavy (non-hydrogen) atoms. The maximum Gasteiger partial charge on any atom is 0.165 e. The van der Waals surface area contributed by atoms with Gasteiger partial charge in [-0.15, -0.1) is 0 Å². The lowest BCUT2D eigenvalue weighted by Crippen LogP contribution is -2.28. The highest BCUT2D eigenvalue weighted by molar-refractivity contribution is 5.98. The van der Waals surface area contributed by atoms with Crippen molar-refractivity contribution in [3.05, 3.63) is 23.5 Å². The number of fused-ring (bicyclic) bond motifs is 1. The zero-order valence-electron chi connectivity index (χ0n) is 11.2.